The third-order valence-electron chi connectivity index (χ3n) is 6.48. The van der Waals surface area contributed by atoms with Crippen molar-refractivity contribution in [2.24, 2.45) is 0 Å². The Morgan fingerprint density at radius 1 is 1.00 bits per heavy atom. The van der Waals surface area contributed by atoms with Gasteiger partial charge < -0.3 is 5.32 Å². The van der Waals surface area contributed by atoms with Gasteiger partial charge >= 0.3 is 0 Å². The average molecular weight is 465 g/mol. The van der Waals surface area contributed by atoms with E-state index in [1.807, 2.05) is 12.1 Å². The largest absolute Gasteiger partial charge is 0.322 e. The summed E-state index contributed by atoms with van der Waals surface area (Å²) in [6.07, 6.45) is 6.90. The molecule has 2 aliphatic carbocycles. The van der Waals surface area contributed by atoms with Crippen LogP contribution < -0.4 is 5.32 Å². The van der Waals surface area contributed by atoms with Crippen molar-refractivity contribution in [2.75, 3.05) is 5.32 Å². The molecule has 0 bridgehead atoms. The van der Waals surface area contributed by atoms with Crippen molar-refractivity contribution in [1.82, 2.24) is 15.2 Å². The van der Waals surface area contributed by atoms with Crippen molar-refractivity contribution in [3.05, 3.63) is 65.5 Å². The molecule has 7 nitrogen and oxygen atoms in total. The van der Waals surface area contributed by atoms with Crippen molar-refractivity contribution >= 4 is 21.4 Å². The molecule has 2 saturated carbocycles. The predicted molar refractivity (Wildman–Crippen MR) is 128 cm³/mol. The summed E-state index contributed by atoms with van der Waals surface area (Å²) in [6, 6.07) is 14.3. The minimum Gasteiger partial charge on any atom is -0.322 e. The number of nitrogens with one attached hydrogen (secondary N) is 2. The van der Waals surface area contributed by atoms with Gasteiger partial charge in [0.25, 0.3) is 5.91 Å². The minimum absolute atomic E-state index is 0.00951. The Labute approximate surface area is 194 Å². The number of benzene rings is 2. The summed E-state index contributed by atoms with van der Waals surface area (Å²) in [6.45, 7) is 0. The Balaban J connectivity index is 1.24. The Kier molecular flexibility index (Phi) is 6.01. The highest BCUT2D eigenvalue weighted by Crippen LogP contribution is 2.38. The van der Waals surface area contributed by atoms with Gasteiger partial charge in [0.2, 0.25) is 0 Å². The number of hydrogen-bond donors (Lipinski definition) is 2. The first-order valence-electron chi connectivity index (χ1n) is 11.6. The van der Waals surface area contributed by atoms with Crippen LogP contribution in [0, 0.1) is 0 Å². The molecule has 2 aliphatic rings. The number of carbonyl (C=O) groups excluding carboxylic acids is 1. The number of aromatic nitrogens is 3. The maximum atomic E-state index is 12.8. The first kappa shape index (κ1) is 21.8. The molecule has 33 heavy (non-hydrogen) atoms. The van der Waals surface area contributed by atoms with Gasteiger partial charge in [0, 0.05) is 22.7 Å². The van der Waals surface area contributed by atoms with E-state index in [4.69, 9.17) is 0 Å². The minimum atomic E-state index is -3.19. The van der Waals surface area contributed by atoms with E-state index in [1.165, 1.54) is 0 Å². The van der Waals surface area contributed by atoms with Gasteiger partial charge in [0.15, 0.2) is 15.7 Å². The molecule has 8 heteroatoms. The second-order valence-electron chi connectivity index (χ2n) is 9.12. The van der Waals surface area contributed by atoms with Crippen LogP contribution in [0.25, 0.3) is 11.4 Å². The smallest absolute Gasteiger partial charge is 0.255 e. The van der Waals surface area contributed by atoms with E-state index < -0.39 is 9.84 Å². The van der Waals surface area contributed by atoms with E-state index in [9.17, 15) is 13.2 Å². The molecule has 1 heterocycles. The summed E-state index contributed by atoms with van der Waals surface area (Å²) in [5.74, 6) is 1.83. The average Bonchev–Trinajstić information content (AvgIpc) is 3.56. The Hall–Kier alpha value is -3.00. The van der Waals surface area contributed by atoms with Crippen molar-refractivity contribution in [2.45, 2.75) is 61.9 Å². The molecule has 0 spiro atoms. The van der Waals surface area contributed by atoms with E-state index in [0.717, 1.165) is 56.3 Å². The summed E-state index contributed by atoms with van der Waals surface area (Å²) >= 11 is 0. The third kappa shape index (κ3) is 5.16. The van der Waals surface area contributed by atoms with E-state index in [2.05, 4.69) is 20.5 Å². The molecule has 2 fully saturated rings. The van der Waals surface area contributed by atoms with Crippen molar-refractivity contribution in [1.29, 1.82) is 0 Å². The van der Waals surface area contributed by atoms with Gasteiger partial charge in [-0.05, 0) is 55.5 Å². The number of nitrogens with zero attached hydrogens (tertiary/aromatic N) is 2. The zero-order chi connectivity index (χ0) is 22.8. The van der Waals surface area contributed by atoms with Gasteiger partial charge in [-0.3, -0.25) is 9.89 Å². The zero-order valence-corrected chi connectivity index (χ0v) is 19.3. The van der Waals surface area contributed by atoms with Gasteiger partial charge in [-0.2, -0.15) is 5.10 Å². The van der Waals surface area contributed by atoms with Crippen LogP contribution >= 0.6 is 0 Å². The molecule has 2 aromatic carbocycles. The topological polar surface area (TPSA) is 105 Å². The van der Waals surface area contributed by atoms with Crippen LogP contribution in [0.3, 0.4) is 0 Å². The molecule has 2 N–H and O–H groups in total. The first-order valence-corrected chi connectivity index (χ1v) is 13.3. The number of anilines is 1. The molecular weight excluding hydrogens is 436 g/mol. The van der Waals surface area contributed by atoms with Crippen molar-refractivity contribution in [3.8, 4) is 11.4 Å². The van der Waals surface area contributed by atoms with E-state index in [-0.39, 0.29) is 16.9 Å². The number of amides is 1. The standard InChI is InChI=1S/C25H28N4O3S/c30-25(20-13-11-19(12-14-20)24-27-23(28-29-24)18-9-10-18)26-21-6-4-5-17(15-21)16-33(31,32)22-7-2-1-3-8-22/h4-6,11-15,18,22H,1-3,7-10,16H2,(H,26,30)(H,27,28,29). The number of rotatable bonds is 7. The van der Waals surface area contributed by atoms with E-state index in [1.54, 1.807) is 36.4 Å². The van der Waals surface area contributed by atoms with Crippen LogP contribution in [0.15, 0.2) is 48.5 Å². The molecule has 1 amide bonds. The fourth-order valence-electron chi connectivity index (χ4n) is 4.43. The second-order valence-corrected chi connectivity index (χ2v) is 11.4. The van der Waals surface area contributed by atoms with Crippen LogP contribution in [0.1, 0.15) is 72.6 Å². The summed E-state index contributed by atoms with van der Waals surface area (Å²) in [7, 11) is -3.19. The fraction of sp³-hybridized carbons (Fsp3) is 0.400. The van der Waals surface area contributed by atoms with E-state index >= 15 is 0 Å². The third-order valence-corrected chi connectivity index (χ3v) is 8.71. The van der Waals surface area contributed by atoms with Crippen LogP contribution in [0.2, 0.25) is 0 Å². The number of H-pyrrole nitrogens is 1. The summed E-state index contributed by atoms with van der Waals surface area (Å²) < 4.78 is 25.6. The highest BCUT2D eigenvalue weighted by atomic mass is 32.2. The number of hydrogen-bond acceptors (Lipinski definition) is 5. The lowest BCUT2D eigenvalue weighted by molar-refractivity contribution is 0.102. The number of sulfone groups is 1. The SMILES string of the molecule is O=C(Nc1cccc(CS(=O)(=O)C2CCCCC2)c1)c1ccc(-c2n[nH]c(C3CC3)n2)cc1. The predicted octanol–water partition coefficient (Wildman–Crippen LogP) is 4.85. The van der Waals surface area contributed by atoms with E-state index in [0.29, 0.717) is 28.6 Å². The van der Waals surface area contributed by atoms with Gasteiger partial charge in [-0.25, -0.2) is 13.4 Å². The molecule has 0 aliphatic heterocycles. The molecule has 172 valence electrons. The zero-order valence-electron chi connectivity index (χ0n) is 18.5. The Morgan fingerprint density at radius 2 is 1.76 bits per heavy atom. The number of aromatic amines is 1. The van der Waals surface area contributed by atoms with Crippen LogP contribution in [-0.2, 0) is 15.6 Å². The highest BCUT2D eigenvalue weighted by molar-refractivity contribution is 7.91. The maximum Gasteiger partial charge on any atom is 0.255 e. The van der Waals surface area contributed by atoms with Crippen LogP contribution in [0.5, 0.6) is 0 Å². The monoisotopic (exact) mass is 464 g/mol. The molecule has 0 unspecified atom stereocenters. The fourth-order valence-corrected chi connectivity index (χ4v) is 6.36. The summed E-state index contributed by atoms with van der Waals surface area (Å²) in [5.41, 5.74) is 2.65. The molecule has 3 aromatic rings. The first-order chi connectivity index (χ1) is 16.0. The van der Waals surface area contributed by atoms with Crippen LogP contribution in [0.4, 0.5) is 5.69 Å². The van der Waals surface area contributed by atoms with Crippen molar-refractivity contribution < 1.29 is 13.2 Å². The summed E-state index contributed by atoms with van der Waals surface area (Å²) in [5, 5.41) is 9.91. The molecule has 0 saturated heterocycles. The maximum absolute atomic E-state index is 12.8. The number of carbonyl (C=O) groups is 1. The molecule has 0 atom stereocenters. The van der Waals surface area contributed by atoms with Gasteiger partial charge in [-0.1, -0.05) is 43.5 Å². The lowest BCUT2D eigenvalue weighted by atomic mass is 10.0. The molecular formula is C25H28N4O3S. The van der Waals surface area contributed by atoms with Crippen LogP contribution in [-0.4, -0.2) is 34.8 Å². The molecule has 0 radical (unpaired) electrons. The highest BCUT2D eigenvalue weighted by Gasteiger charge is 2.28. The second kappa shape index (κ2) is 9.09. The summed E-state index contributed by atoms with van der Waals surface area (Å²) in [4.78, 5) is 17.3. The van der Waals surface area contributed by atoms with Crippen molar-refractivity contribution in [3.63, 3.8) is 0 Å². The lowest BCUT2D eigenvalue weighted by Crippen LogP contribution is -2.25. The molecule has 1 aromatic heterocycles. The van der Waals surface area contributed by atoms with Gasteiger partial charge in [0.05, 0.1) is 11.0 Å². The quantitative estimate of drug-likeness (QED) is 0.520. The Bertz CT molecular complexity index is 1240. The van der Waals surface area contributed by atoms with Gasteiger partial charge in [-0.15, -0.1) is 0 Å². The Morgan fingerprint density at radius 3 is 2.48 bits per heavy atom. The lowest BCUT2D eigenvalue weighted by Gasteiger charge is -2.21. The van der Waals surface area contributed by atoms with Gasteiger partial charge in [0.1, 0.15) is 5.82 Å². The normalized spacial score (nSPS) is 17.1. The molecule has 5 rings (SSSR count).